The van der Waals surface area contributed by atoms with Crippen molar-refractivity contribution in [2.45, 2.75) is 27.2 Å². The number of nitrogens with zero attached hydrogens (tertiary/aromatic N) is 1. The number of ketones is 1. The van der Waals surface area contributed by atoms with Crippen LogP contribution in [0.5, 0.6) is 0 Å². The van der Waals surface area contributed by atoms with Gasteiger partial charge in [0.15, 0.2) is 0 Å². The van der Waals surface area contributed by atoms with Crippen molar-refractivity contribution in [2.75, 3.05) is 11.4 Å². The molecule has 1 amide bonds. The van der Waals surface area contributed by atoms with Crippen LogP contribution in [0.25, 0.3) is 0 Å². The summed E-state index contributed by atoms with van der Waals surface area (Å²) in [5.41, 5.74) is 0.854. The second kappa shape index (κ2) is 6.18. The summed E-state index contributed by atoms with van der Waals surface area (Å²) in [7, 11) is 0. The third-order valence-electron chi connectivity index (χ3n) is 2.32. The molecule has 0 aliphatic rings. The molecule has 1 aromatic rings. The molecule has 0 saturated carbocycles. The van der Waals surface area contributed by atoms with Gasteiger partial charge >= 0.3 is 0 Å². The number of rotatable bonds is 5. The molecule has 0 spiro atoms. The highest BCUT2D eigenvalue weighted by Crippen LogP contribution is 2.16. The van der Waals surface area contributed by atoms with Gasteiger partial charge in [0.1, 0.15) is 5.78 Å². The van der Waals surface area contributed by atoms with Crippen molar-refractivity contribution in [1.29, 1.82) is 0 Å². The quantitative estimate of drug-likeness (QED) is 0.733. The summed E-state index contributed by atoms with van der Waals surface area (Å²) in [5.74, 6) is 0.142. The lowest BCUT2D eigenvalue weighted by Crippen LogP contribution is -2.35. The minimum atomic E-state index is -0.127. The molecule has 1 aromatic carbocycles. The number of benzene rings is 1. The molecule has 3 heteroatoms. The van der Waals surface area contributed by atoms with Crippen LogP contribution < -0.4 is 4.90 Å². The number of hydrogen-bond acceptors (Lipinski definition) is 2. The first-order valence-electron chi connectivity index (χ1n) is 5.85. The van der Waals surface area contributed by atoms with E-state index < -0.39 is 0 Å². The van der Waals surface area contributed by atoms with Crippen molar-refractivity contribution in [3.63, 3.8) is 0 Å². The Morgan fingerprint density at radius 1 is 1.18 bits per heavy atom. The van der Waals surface area contributed by atoms with Gasteiger partial charge in [-0.05, 0) is 25.0 Å². The number of para-hydroxylation sites is 1. The van der Waals surface area contributed by atoms with Crippen LogP contribution in [0.4, 0.5) is 5.69 Å². The first-order chi connectivity index (χ1) is 8.00. The van der Waals surface area contributed by atoms with Crippen LogP contribution in [0.2, 0.25) is 0 Å². The van der Waals surface area contributed by atoms with Gasteiger partial charge < -0.3 is 4.90 Å². The highest BCUT2D eigenvalue weighted by atomic mass is 16.2. The van der Waals surface area contributed by atoms with E-state index in [1.165, 1.54) is 6.92 Å². The van der Waals surface area contributed by atoms with Crippen LogP contribution in [0.3, 0.4) is 0 Å². The molecular weight excluding hydrogens is 214 g/mol. The zero-order valence-electron chi connectivity index (χ0n) is 10.6. The average molecular weight is 233 g/mol. The first-order valence-corrected chi connectivity index (χ1v) is 5.85. The van der Waals surface area contributed by atoms with Gasteiger partial charge in [-0.3, -0.25) is 9.59 Å². The lowest BCUT2D eigenvalue weighted by molar-refractivity contribution is -0.125. The van der Waals surface area contributed by atoms with Crippen molar-refractivity contribution in [2.24, 2.45) is 5.92 Å². The van der Waals surface area contributed by atoms with E-state index in [2.05, 4.69) is 13.8 Å². The van der Waals surface area contributed by atoms with Crippen LogP contribution >= 0.6 is 0 Å². The molecule has 0 heterocycles. The van der Waals surface area contributed by atoms with Crippen LogP contribution in [0.1, 0.15) is 27.2 Å². The standard InChI is InChI=1S/C14H19NO2/c1-11(2)10-15(14(17)9-12(3)16)13-7-5-4-6-8-13/h4-8,11H,9-10H2,1-3H3. The number of carbonyl (C=O) groups is 2. The number of Topliss-reactive ketones (excluding diaryl/α,β-unsaturated/α-hetero) is 1. The Balaban J connectivity index is 2.88. The summed E-state index contributed by atoms with van der Waals surface area (Å²) >= 11 is 0. The van der Waals surface area contributed by atoms with E-state index in [9.17, 15) is 9.59 Å². The lowest BCUT2D eigenvalue weighted by Gasteiger charge is -2.24. The van der Waals surface area contributed by atoms with Crippen molar-refractivity contribution in [1.82, 2.24) is 0 Å². The molecule has 0 radical (unpaired) electrons. The molecule has 3 nitrogen and oxygen atoms in total. The van der Waals surface area contributed by atoms with E-state index in [0.717, 1.165) is 5.69 Å². The van der Waals surface area contributed by atoms with E-state index in [4.69, 9.17) is 0 Å². The van der Waals surface area contributed by atoms with E-state index in [-0.39, 0.29) is 18.1 Å². The summed E-state index contributed by atoms with van der Waals surface area (Å²) in [6.45, 7) is 6.18. The Bertz CT molecular complexity index is 384. The second-order valence-electron chi connectivity index (χ2n) is 4.61. The maximum absolute atomic E-state index is 12.0. The fourth-order valence-electron chi connectivity index (χ4n) is 1.63. The molecule has 17 heavy (non-hydrogen) atoms. The van der Waals surface area contributed by atoms with Crippen LogP contribution in [0.15, 0.2) is 30.3 Å². The van der Waals surface area contributed by atoms with Gasteiger partial charge in [0, 0.05) is 12.2 Å². The molecule has 0 bridgehead atoms. The maximum Gasteiger partial charge on any atom is 0.234 e. The zero-order valence-corrected chi connectivity index (χ0v) is 10.6. The third-order valence-corrected chi connectivity index (χ3v) is 2.32. The number of anilines is 1. The molecule has 0 saturated heterocycles. The Labute approximate surface area is 102 Å². The first kappa shape index (κ1) is 13.4. The molecule has 92 valence electrons. The fourth-order valence-corrected chi connectivity index (χ4v) is 1.63. The fraction of sp³-hybridized carbons (Fsp3) is 0.429. The molecule has 0 N–H and O–H groups in total. The predicted molar refractivity (Wildman–Crippen MR) is 68.9 cm³/mol. The normalized spacial score (nSPS) is 10.4. The van der Waals surface area contributed by atoms with Crippen molar-refractivity contribution in [3.8, 4) is 0 Å². The zero-order chi connectivity index (χ0) is 12.8. The second-order valence-corrected chi connectivity index (χ2v) is 4.61. The molecule has 0 aromatic heterocycles. The molecule has 0 atom stereocenters. The minimum absolute atomic E-state index is 0.0262. The molecule has 0 unspecified atom stereocenters. The summed E-state index contributed by atoms with van der Waals surface area (Å²) in [5, 5.41) is 0. The molecule has 1 rings (SSSR count). The minimum Gasteiger partial charge on any atom is -0.312 e. The summed E-state index contributed by atoms with van der Waals surface area (Å²) in [4.78, 5) is 24.7. The Kier molecular flexibility index (Phi) is 4.88. The summed E-state index contributed by atoms with van der Waals surface area (Å²) in [6, 6.07) is 9.47. The predicted octanol–water partition coefficient (Wildman–Crippen LogP) is 2.65. The van der Waals surface area contributed by atoms with E-state index in [1.807, 2.05) is 30.3 Å². The smallest absolute Gasteiger partial charge is 0.234 e. The van der Waals surface area contributed by atoms with Gasteiger partial charge in [-0.1, -0.05) is 32.0 Å². The third kappa shape index (κ3) is 4.39. The Morgan fingerprint density at radius 3 is 2.24 bits per heavy atom. The van der Waals surface area contributed by atoms with E-state index >= 15 is 0 Å². The highest BCUT2D eigenvalue weighted by Gasteiger charge is 2.17. The van der Waals surface area contributed by atoms with Gasteiger partial charge in [0.2, 0.25) is 5.91 Å². The highest BCUT2D eigenvalue weighted by molar-refractivity contribution is 6.04. The monoisotopic (exact) mass is 233 g/mol. The molecule has 0 fully saturated rings. The van der Waals surface area contributed by atoms with Crippen molar-refractivity contribution >= 4 is 17.4 Å². The van der Waals surface area contributed by atoms with Gasteiger partial charge in [-0.15, -0.1) is 0 Å². The SMILES string of the molecule is CC(=O)CC(=O)N(CC(C)C)c1ccccc1. The number of amides is 1. The largest absolute Gasteiger partial charge is 0.312 e. The topological polar surface area (TPSA) is 37.4 Å². The van der Waals surface area contributed by atoms with E-state index in [0.29, 0.717) is 12.5 Å². The summed E-state index contributed by atoms with van der Waals surface area (Å²) < 4.78 is 0. The van der Waals surface area contributed by atoms with Crippen LogP contribution in [0, 0.1) is 5.92 Å². The van der Waals surface area contributed by atoms with Gasteiger partial charge in [0.25, 0.3) is 0 Å². The van der Waals surface area contributed by atoms with Crippen molar-refractivity contribution < 1.29 is 9.59 Å². The van der Waals surface area contributed by atoms with E-state index in [1.54, 1.807) is 4.90 Å². The van der Waals surface area contributed by atoms with Gasteiger partial charge in [-0.2, -0.15) is 0 Å². The van der Waals surface area contributed by atoms with Crippen molar-refractivity contribution in [3.05, 3.63) is 30.3 Å². The van der Waals surface area contributed by atoms with Gasteiger partial charge in [0.05, 0.1) is 6.42 Å². The number of hydrogen-bond donors (Lipinski definition) is 0. The van der Waals surface area contributed by atoms with Crippen LogP contribution in [-0.4, -0.2) is 18.2 Å². The molecule has 0 aliphatic carbocycles. The molecular formula is C14H19NO2. The Morgan fingerprint density at radius 2 is 1.76 bits per heavy atom. The lowest BCUT2D eigenvalue weighted by atomic mass is 10.1. The maximum atomic E-state index is 12.0. The van der Waals surface area contributed by atoms with Crippen LogP contribution in [-0.2, 0) is 9.59 Å². The van der Waals surface area contributed by atoms with Gasteiger partial charge in [-0.25, -0.2) is 0 Å². The Hall–Kier alpha value is -1.64. The molecule has 0 aliphatic heterocycles. The summed E-state index contributed by atoms with van der Waals surface area (Å²) in [6.07, 6.45) is -0.0262. The average Bonchev–Trinajstić information content (AvgIpc) is 2.25. The number of carbonyl (C=O) groups excluding carboxylic acids is 2.